The van der Waals surface area contributed by atoms with E-state index in [9.17, 15) is 14.3 Å². The van der Waals surface area contributed by atoms with E-state index in [2.05, 4.69) is 4.99 Å². The van der Waals surface area contributed by atoms with Gasteiger partial charge < -0.3 is 10.0 Å². The highest BCUT2D eigenvalue weighted by atomic mass is 35.5. The van der Waals surface area contributed by atoms with Gasteiger partial charge in [0.1, 0.15) is 6.17 Å². The molecule has 0 saturated carbocycles. The minimum Gasteiger partial charge on any atom is -0.391 e. The fourth-order valence-electron chi connectivity index (χ4n) is 2.41. The zero-order chi connectivity index (χ0) is 17.3. The van der Waals surface area contributed by atoms with E-state index in [1.807, 2.05) is 0 Å². The third kappa shape index (κ3) is 3.64. The van der Waals surface area contributed by atoms with Crippen molar-refractivity contribution in [3.63, 3.8) is 0 Å². The third-order valence-electron chi connectivity index (χ3n) is 3.63. The summed E-state index contributed by atoms with van der Waals surface area (Å²) in [5.74, 6) is 0. The monoisotopic (exact) mass is 389 g/mol. The van der Waals surface area contributed by atoms with Crippen LogP contribution in [0, 0.1) is 0 Å². The fourth-order valence-corrected chi connectivity index (χ4v) is 3.54. The number of aliphatic hydroxyl groups excluding tert-OH is 1. The van der Waals surface area contributed by atoms with Gasteiger partial charge in [-0.05, 0) is 24.6 Å². The van der Waals surface area contributed by atoms with Crippen LogP contribution >= 0.6 is 34.5 Å². The van der Waals surface area contributed by atoms with Gasteiger partial charge in [0.05, 0.1) is 28.1 Å². The summed E-state index contributed by atoms with van der Waals surface area (Å²) in [6, 6.07) is 4.53. The van der Waals surface area contributed by atoms with Crippen LogP contribution in [0.25, 0.3) is 5.69 Å². The second-order valence-corrected chi connectivity index (χ2v) is 7.24. The van der Waals surface area contributed by atoms with Crippen molar-refractivity contribution in [3.8, 4) is 5.69 Å². The Hall–Kier alpha value is -1.41. The lowest BCUT2D eigenvalue weighted by Gasteiger charge is -2.11. The van der Waals surface area contributed by atoms with Gasteiger partial charge in [-0.1, -0.05) is 34.5 Å². The van der Waals surface area contributed by atoms with Crippen LogP contribution in [0.15, 0.2) is 29.4 Å². The highest BCUT2D eigenvalue weighted by molar-refractivity contribution is 7.09. The van der Waals surface area contributed by atoms with Crippen molar-refractivity contribution in [2.24, 2.45) is 4.99 Å². The normalized spacial score (nSPS) is 18.4. The summed E-state index contributed by atoms with van der Waals surface area (Å²) < 4.78 is 14.9. The number of amides is 2. The van der Waals surface area contributed by atoms with Crippen LogP contribution in [-0.4, -0.2) is 39.9 Å². The number of carbonyl (C=O) groups excluding carboxylic acids is 1. The molecule has 9 heteroatoms. The Morgan fingerprint density at radius 2 is 2.21 bits per heavy atom. The van der Waals surface area contributed by atoms with Gasteiger partial charge in [0.25, 0.3) is 0 Å². The van der Waals surface area contributed by atoms with E-state index in [-0.39, 0.29) is 13.2 Å². The van der Waals surface area contributed by atoms with Crippen molar-refractivity contribution in [1.29, 1.82) is 0 Å². The van der Waals surface area contributed by atoms with E-state index < -0.39 is 12.2 Å². The van der Waals surface area contributed by atoms with Crippen LogP contribution < -0.4 is 4.80 Å². The number of aliphatic hydroxyl groups is 1. The first-order valence-corrected chi connectivity index (χ1v) is 8.80. The molecule has 0 radical (unpaired) electrons. The lowest BCUT2D eigenvalue weighted by atomic mass is 10.3. The first kappa shape index (κ1) is 17.4. The second kappa shape index (κ2) is 7.23. The molecule has 0 aliphatic carbocycles. The summed E-state index contributed by atoms with van der Waals surface area (Å²) in [5, 5.41) is 10.2. The van der Waals surface area contributed by atoms with Crippen molar-refractivity contribution in [1.82, 2.24) is 9.47 Å². The van der Waals surface area contributed by atoms with Crippen molar-refractivity contribution >= 4 is 40.6 Å². The van der Waals surface area contributed by atoms with Crippen LogP contribution in [0.3, 0.4) is 0 Å². The summed E-state index contributed by atoms with van der Waals surface area (Å²) in [5.41, 5.74) is 0.664. The standard InChI is InChI=1S/C15H14Cl2FN3O2S/c16-12-2-1-10(5-13(12)17)21-7-11(8-22)24-15(21)19-14(23)20-4-3-9(18)6-20/h1-2,5,7,9,22H,3-4,6,8H2/b19-15-. The van der Waals surface area contributed by atoms with E-state index in [1.165, 1.54) is 16.2 Å². The molecule has 1 aliphatic heterocycles. The van der Waals surface area contributed by atoms with E-state index >= 15 is 0 Å². The minimum atomic E-state index is -0.998. The van der Waals surface area contributed by atoms with Crippen molar-refractivity contribution in [2.75, 3.05) is 13.1 Å². The number of benzene rings is 1. The van der Waals surface area contributed by atoms with Gasteiger partial charge in [-0.15, -0.1) is 0 Å². The van der Waals surface area contributed by atoms with Gasteiger partial charge in [-0.2, -0.15) is 4.99 Å². The maximum absolute atomic E-state index is 13.3. The molecule has 3 rings (SSSR count). The quantitative estimate of drug-likeness (QED) is 0.855. The Bertz CT molecular complexity index is 836. The predicted molar refractivity (Wildman–Crippen MR) is 91.6 cm³/mol. The van der Waals surface area contributed by atoms with Crippen molar-refractivity contribution < 1.29 is 14.3 Å². The zero-order valence-electron chi connectivity index (χ0n) is 12.5. The van der Waals surface area contributed by atoms with Gasteiger partial charge in [0.2, 0.25) is 0 Å². The smallest absolute Gasteiger partial charge is 0.346 e. The number of urea groups is 1. The summed E-state index contributed by atoms with van der Waals surface area (Å²) >= 11 is 13.2. The Balaban J connectivity index is 2.01. The van der Waals surface area contributed by atoms with Gasteiger partial charge in [0, 0.05) is 18.4 Å². The first-order valence-electron chi connectivity index (χ1n) is 7.23. The van der Waals surface area contributed by atoms with Gasteiger partial charge in [-0.25, -0.2) is 9.18 Å². The Labute approximate surface area is 151 Å². The molecule has 1 atom stereocenters. The van der Waals surface area contributed by atoms with E-state index in [0.29, 0.717) is 38.4 Å². The van der Waals surface area contributed by atoms with E-state index in [1.54, 1.807) is 29.0 Å². The van der Waals surface area contributed by atoms with Gasteiger partial charge in [-0.3, -0.25) is 4.57 Å². The molecule has 2 aromatic rings. The number of likely N-dealkylation sites (tertiary alicyclic amines) is 1. The Morgan fingerprint density at radius 3 is 2.83 bits per heavy atom. The van der Waals surface area contributed by atoms with Crippen molar-refractivity contribution in [3.05, 3.63) is 44.1 Å². The Kier molecular flexibility index (Phi) is 5.24. The maximum atomic E-state index is 13.3. The predicted octanol–water partition coefficient (Wildman–Crippen LogP) is 3.40. The second-order valence-electron chi connectivity index (χ2n) is 5.33. The molecular weight excluding hydrogens is 376 g/mol. The first-order chi connectivity index (χ1) is 11.5. The number of nitrogens with zero attached hydrogens (tertiary/aromatic N) is 3. The summed E-state index contributed by atoms with van der Waals surface area (Å²) in [6.45, 7) is 0.244. The minimum absolute atomic E-state index is 0.0628. The number of hydrogen-bond acceptors (Lipinski definition) is 3. The number of thiazole rings is 1. The van der Waals surface area contributed by atoms with Crippen LogP contribution in [0.1, 0.15) is 11.3 Å². The van der Waals surface area contributed by atoms with Gasteiger partial charge >= 0.3 is 6.03 Å². The number of hydrogen-bond donors (Lipinski definition) is 1. The van der Waals surface area contributed by atoms with Crippen LogP contribution in [-0.2, 0) is 6.61 Å². The molecule has 24 heavy (non-hydrogen) atoms. The molecule has 0 spiro atoms. The molecule has 1 aromatic carbocycles. The zero-order valence-corrected chi connectivity index (χ0v) is 14.8. The average molecular weight is 390 g/mol. The molecule has 128 valence electrons. The summed E-state index contributed by atoms with van der Waals surface area (Å²) in [4.78, 5) is 18.7. The number of aromatic nitrogens is 1. The summed E-state index contributed by atoms with van der Waals surface area (Å²) in [6.07, 6.45) is 1.02. The maximum Gasteiger partial charge on any atom is 0.346 e. The molecule has 2 amide bonds. The van der Waals surface area contributed by atoms with Gasteiger partial charge in [0.15, 0.2) is 4.80 Å². The lowest BCUT2D eigenvalue weighted by molar-refractivity contribution is 0.213. The number of alkyl halides is 1. The number of rotatable bonds is 2. The molecular formula is C15H14Cl2FN3O2S. The molecule has 1 aromatic heterocycles. The van der Waals surface area contributed by atoms with Crippen LogP contribution in [0.4, 0.5) is 9.18 Å². The Morgan fingerprint density at radius 1 is 1.42 bits per heavy atom. The fraction of sp³-hybridized carbons (Fsp3) is 0.333. The van der Waals surface area contributed by atoms with Crippen molar-refractivity contribution in [2.45, 2.75) is 19.2 Å². The third-order valence-corrected chi connectivity index (χ3v) is 5.34. The van der Waals surface area contributed by atoms with E-state index in [4.69, 9.17) is 23.2 Å². The molecule has 2 heterocycles. The van der Waals surface area contributed by atoms with Crippen LogP contribution in [0.5, 0.6) is 0 Å². The molecule has 1 unspecified atom stereocenters. The molecule has 1 aliphatic rings. The topological polar surface area (TPSA) is 57.8 Å². The van der Waals surface area contributed by atoms with E-state index in [0.717, 1.165) is 0 Å². The molecule has 1 N–H and O–H groups in total. The molecule has 1 fully saturated rings. The SMILES string of the molecule is O=C(/N=c1\sc(CO)cn1-c1ccc(Cl)c(Cl)c1)N1CCC(F)C1. The molecule has 5 nitrogen and oxygen atoms in total. The number of halogens is 3. The highest BCUT2D eigenvalue weighted by Gasteiger charge is 2.25. The lowest BCUT2D eigenvalue weighted by Crippen LogP contribution is -2.28. The average Bonchev–Trinajstić information content (AvgIpc) is 3.16. The highest BCUT2D eigenvalue weighted by Crippen LogP contribution is 2.24. The summed E-state index contributed by atoms with van der Waals surface area (Å²) in [7, 11) is 0. The van der Waals surface area contributed by atoms with Crippen LogP contribution in [0.2, 0.25) is 10.0 Å². The molecule has 1 saturated heterocycles. The number of carbonyl (C=O) groups is 1. The molecule has 0 bridgehead atoms. The largest absolute Gasteiger partial charge is 0.391 e.